The summed E-state index contributed by atoms with van der Waals surface area (Å²) in [7, 11) is 0. The quantitative estimate of drug-likeness (QED) is 0.591. The summed E-state index contributed by atoms with van der Waals surface area (Å²) in [5, 5.41) is 1.59. The van der Waals surface area contributed by atoms with Gasteiger partial charge in [-0.1, -0.05) is 0 Å². The smallest absolute Gasteiger partial charge is 0.248 e. The third kappa shape index (κ3) is 0.934. The summed E-state index contributed by atoms with van der Waals surface area (Å²) in [6.07, 6.45) is 3.23. The van der Waals surface area contributed by atoms with Crippen LogP contribution in [0.4, 0.5) is 5.82 Å². The molecular weight excluding hydrogens is 154 g/mol. The number of rotatable bonds is 0. The number of anilines is 1. The van der Waals surface area contributed by atoms with E-state index in [0.29, 0.717) is 11.2 Å². The van der Waals surface area contributed by atoms with Crippen molar-refractivity contribution >= 4 is 16.6 Å². The maximum absolute atomic E-state index is 10.9. The number of nitrogens with zero attached hydrogens (tertiary/aromatic N) is 1. The number of hydrogen-bond acceptors (Lipinski definition) is 3. The summed E-state index contributed by atoms with van der Waals surface area (Å²) in [5.41, 5.74) is 5.40. The first kappa shape index (κ1) is 6.84. The Morgan fingerprint density at radius 3 is 3.17 bits per heavy atom. The fourth-order valence-corrected chi connectivity index (χ4v) is 1.11. The lowest BCUT2D eigenvalue weighted by atomic mass is 10.2. The molecule has 0 aliphatic carbocycles. The first-order valence-electron chi connectivity index (χ1n) is 3.50. The Labute approximate surface area is 68.1 Å². The summed E-state index contributed by atoms with van der Waals surface area (Å²) in [4.78, 5) is 17.3. The van der Waals surface area contributed by atoms with Crippen LogP contribution < -0.4 is 11.3 Å². The number of aromatic amines is 1. The van der Waals surface area contributed by atoms with E-state index in [9.17, 15) is 4.79 Å². The summed E-state index contributed by atoms with van der Waals surface area (Å²) in [5.74, 6) is 0.388. The van der Waals surface area contributed by atoms with E-state index in [2.05, 4.69) is 9.97 Å². The van der Waals surface area contributed by atoms with Crippen LogP contribution in [0.5, 0.6) is 0 Å². The molecule has 12 heavy (non-hydrogen) atoms. The minimum absolute atomic E-state index is 0.165. The molecule has 2 aromatic heterocycles. The number of pyridine rings is 2. The standard InChI is InChI=1S/C8H7N3O/c9-8-6-3-7(12)11-4-5(6)1-2-10-8/h1-4H,(H2,9,10)(H,11,12). The fraction of sp³-hybridized carbons (Fsp3) is 0. The largest absolute Gasteiger partial charge is 0.383 e. The Morgan fingerprint density at radius 1 is 1.50 bits per heavy atom. The van der Waals surface area contributed by atoms with Gasteiger partial charge in [-0.15, -0.1) is 0 Å². The van der Waals surface area contributed by atoms with Crippen molar-refractivity contribution in [3.05, 3.63) is 34.9 Å². The van der Waals surface area contributed by atoms with Crippen molar-refractivity contribution in [2.75, 3.05) is 5.73 Å². The van der Waals surface area contributed by atoms with E-state index in [1.54, 1.807) is 18.5 Å². The lowest BCUT2D eigenvalue weighted by Gasteiger charge is -1.97. The SMILES string of the molecule is Nc1nccc2c[nH]c(=O)cc12. The third-order valence-electron chi connectivity index (χ3n) is 1.70. The van der Waals surface area contributed by atoms with Gasteiger partial charge in [-0.05, 0) is 6.07 Å². The Bertz CT molecular complexity index is 475. The molecule has 0 aliphatic heterocycles. The Morgan fingerprint density at radius 2 is 2.33 bits per heavy atom. The maximum Gasteiger partial charge on any atom is 0.248 e. The topological polar surface area (TPSA) is 71.8 Å². The molecule has 0 aromatic carbocycles. The monoisotopic (exact) mass is 161 g/mol. The number of hydrogen-bond donors (Lipinski definition) is 2. The molecule has 0 unspecified atom stereocenters. The fourth-order valence-electron chi connectivity index (χ4n) is 1.11. The van der Waals surface area contributed by atoms with Crippen LogP contribution in [0.25, 0.3) is 10.8 Å². The third-order valence-corrected chi connectivity index (χ3v) is 1.70. The highest BCUT2D eigenvalue weighted by Gasteiger charge is 1.97. The van der Waals surface area contributed by atoms with E-state index in [0.717, 1.165) is 5.39 Å². The maximum atomic E-state index is 10.9. The zero-order valence-corrected chi connectivity index (χ0v) is 6.24. The van der Waals surface area contributed by atoms with Crippen LogP contribution in [0.15, 0.2) is 29.3 Å². The second-order valence-corrected chi connectivity index (χ2v) is 2.50. The predicted octanol–water partition coefficient (Wildman–Crippen LogP) is 0.505. The number of nitrogen functional groups attached to an aromatic ring is 1. The van der Waals surface area contributed by atoms with Gasteiger partial charge in [0.25, 0.3) is 0 Å². The predicted molar refractivity (Wildman–Crippen MR) is 46.8 cm³/mol. The van der Waals surface area contributed by atoms with Gasteiger partial charge in [-0.3, -0.25) is 4.79 Å². The first-order chi connectivity index (χ1) is 5.77. The molecule has 0 aliphatic rings. The van der Waals surface area contributed by atoms with Crippen molar-refractivity contribution in [3.63, 3.8) is 0 Å². The van der Waals surface area contributed by atoms with Gasteiger partial charge in [-0.2, -0.15) is 0 Å². The van der Waals surface area contributed by atoms with Gasteiger partial charge >= 0.3 is 0 Å². The highest BCUT2D eigenvalue weighted by molar-refractivity contribution is 5.89. The van der Waals surface area contributed by atoms with Crippen molar-refractivity contribution in [2.45, 2.75) is 0 Å². The van der Waals surface area contributed by atoms with Gasteiger partial charge in [0.1, 0.15) is 5.82 Å². The van der Waals surface area contributed by atoms with Gasteiger partial charge in [-0.25, -0.2) is 4.98 Å². The lowest BCUT2D eigenvalue weighted by molar-refractivity contribution is 1.26. The zero-order valence-electron chi connectivity index (χ0n) is 6.24. The molecule has 0 atom stereocenters. The van der Waals surface area contributed by atoms with E-state index < -0.39 is 0 Å². The molecule has 0 radical (unpaired) electrons. The van der Waals surface area contributed by atoms with Crippen LogP contribution in [0.3, 0.4) is 0 Å². The molecule has 4 heteroatoms. The highest BCUT2D eigenvalue weighted by Crippen LogP contribution is 2.14. The molecule has 60 valence electrons. The van der Waals surface area contributed by atoms with Crippen molar-refractivity contribution in [2.24, 2.45) is 0 Å². The number of fused-ring (bicyclic) bond motifs is 1. The highest BCUT2D eigenvalue weighted by atomic mass is 16.1. The number of H-pyrrole nitrogens is 1. The Balaban J connectivity index is 2.97. The molecule has 0 saturated heterocycles. The van der Waals surface area contributed by atoms with Crippen molar-refractivity contribution in [3.8, 4) is 0 Å². The van der Waals surface area contributed by atoms with Gasteiger partial charge in [0, 0.05) is 29.2 Å². The van der Waals surface area contributed by atoms with Crippen LogP contribution in [0.1, 0.15) is 0 Å². The first-order valence-corrected chi connectivity index (χ1v) is 3.50. The number of nitrogens with two attached hydrogens (primary N) is 1. The number of nitrogens with one attached hydrogen (secondary N) is 1. The summed E-state index contributed by atoms with van der Waals surface area (Å²) in [6.45, 7) is 0. The minimum Gasteiger partial charge on any atom is -0.383 e. The average molecular weight is 161 g/mol. The zero-order chi connectivity index (χ0) is 8.55. The molecule has 2 aromatic rings. The molecule has 0 bridgehead atoms. The molecule has 0 fully saturated rings. The summed E-state index contributed by atoms with van der Waals surface area (Å²) in [6, 6.07) is 3.24. The van der Waals surface area contributed by atoms with Crippen LogP contribution in [0.2, 0.25) is 0 Å². The summed E-state index contributed by atoms with van der Waals surface area (Å²) >= 11 is 0. The van der Waals surface area contributed by atoms with Crippen molar-refractivity contribution in [1.29, 1.82) is 0 Å². The van der Waals surface area contributed by atoms with Crippen molar-refractivity contribution < 1.29 is 0 Å². The molecular formula is C8H7N3O. The van der Waals surface area contributed by atoms with Gasteiger partial charge in [0.15, 0.2) is 0 Å². The van der Waals surface area contributed by atoms with Gasteiger partial charge < -0.3 is 10.7 Å². The molecule has 0 amide bonds. The van der Waals surface area contributed by atoms with Gasteiger partial charge in [0.2, 0.25) is 5.56 Å². The average Bonchev–Trinajstić information content (AvgIpc) is 2.07. The Kier molecular flexibility index (Phi) is 1.33. The molecule has 0 saturated carbocycles. The second kappa shape index (κ2) is 2.34. The van der Waals surface area contributed by atoms with Crippen LogP contribution >= 0.6 is 0 Å². The van der Waals surface area contributed by atoms with E-state index in [4.69, 9.17) is 5.73 Å². The normalized spacial score (nSPS) is 10.3. The van der Waals surface area contributed by atoms with E-state index in [1.807, 2.05) is 0 Å². The number of aromatic nitrogens is 2. The van der Waals surface area contributed by atoms with E-state index in [1.165, 1.54) is 6.07 Å². The van der Waals surface area contributed by atoms with E-state index in [-0.39, 0.29) is 5.56 Å². The Hall–Kier alpha value is -1.84. The van der Waals surface area contributed by atoms with Crippen molar-refractivity contribution in [1.82, 2.24) is 9.97 Å². The molecule has 2 rings (SSSR count). The van der Waals surface area contributed by atoms with Crippen LogP contribution in [0, 0.1) is 0 Å². The van der Waals surface area contributed by atoms with Crippen LogP contribution in [-0.4, -0.2) is 9.97 Å². The second-order valence-electron chi connectivity index (χ2n) is 2.50. The molecule has 3 N–H and O–H groups in total. The summed E-state index contributed by atoms with van der Waals surface area (Å²) < 4.78 is 0. The lowest BCUT2D eigenvalue weighted by Crippen LogP contribution is -2.03. The molecule has 0 spiro atoms. The molecule has 4 nitrogen and oxygen atoms in total. The van der Waals surface area contributed by atoms with E-state index >= 15 is 0 Å². The minimum atomic E-state index is -0.165. The van der Waals surface area contributed by atoms with Crippen LogP contribution in [-0.2, 0) is 0 Å². The molecule has 2 heterocycles. The van der Waals surface area contributed by atoms with Gasteiger partial charge in [0.05, 0.1) is 0 Å².